The van der Waals surface area contributed by atoms with E-state index in [0.29, 0.717) is 18.7 Å². The first-order valence-electron chi connectivity index (χ1n) is 8.11. The van der Waals surface area contributed by atoms with E-state index in [1.807, 2.05) is 0 Å². The highest BCUT2D eigenvalue weighted by atomic mass is 19.1. The van der Waals surface area contributed by atoms with Gasteiger partial charge in [0, 0.05) is 44.8 Å². The Balaban J connectivity index is 1.69. The zero-order valence-electron chi connectivity index (χ0n) is 13.7. The molecule has 5 nitrogen and oxygen atoms in total. The van der Waals surface area contributed by atoms with Gasteiger partial charge >= 0.3 is 0 Å². The van der Waals surface area contributed by atoms with Crippen molar-refractivity contribution < 1.29 is 14.3 Å². The molecule has 1 N–H and O–H groups in total. The molecule has 0 saturated carbocycles. The summed E-state index contributed by atoms with van der Waals surface area (Å²) < 4.78 is 13.5. The van der Waals surface area contributed by atoms with Crippen LogP contribution in [0.1, 0.15) is 15.9 Å². The zero-order chi connectivity index (χ0) is 16.6. The van der Waals surface area contributed by atoms with Crippen LogP contribution < -0.4 is 0 Å². The molecule has 1 aromatic rings. The SMILES string of the molecule is Cc1cc(F)cc(C(=O)N2C[C@H](O)[C@@H](N3CCN(C)CC3)C2)c1. The summed E-state index contributed by atoms with van der Waals surface area (Å²) >= 11 is 0. The summed E-state index contributed by atoms with van der Waals surface area (Å²) in [5.74, 6) is -0.605. The molecule has 2 heterocycles. The minimum absolute atomic E-state index is 0.0256. The summed E-state index contributed by atoms with van der Waals surface area (Å²) in [5, 5.41) is 10.4. The van der Waals surface area contributed by atoms with E-state index in [4.69, 9.17) is 0 Å². The molecule has 0 spiro atoms. The van der Waals surface area contributed by atoms with Crippen molar-refractivity contribution in [1.82, 2.24) is 14.7 Å². The van der Waals surface area contributed by atoms with E-state index in [9.17, 15) is 14.3 Å². The van der Waals surface area contributed by atoms with Crippen molar-refractivity contribution in [2.75, 3.05) is 46.3 Å². The van der Waals surface area contributed by atoms with Crippen LogP contribution in [0.3, 0.4) is 0 Å². The van der Waals surface area contributed by atoms with Gasteiger partial charge in [-0.05, 0) is 37.7 Å². The van der Waals surface area contributed by atoms with Gasteiger partial charge in [0.2, 0.25) is 0 Å². The minimum atomic E-state index is -0.544. The number of nitrogens with zero attached hydrogens (tertiary/aromatic N) is 3. The van der Waals surface area contributed by atoms with E-state index in [-0.39, 0.29) is 11.9 Å². The molecule has 2 saturated heterocycles. The molecule has 0 aromatic heterocycles. The third-order valence-corrected chi connectivity index (χ3v) is 4.84. The van der Waals surface area contributed by atoms with Gasteiger partial charge in [-0.25, -0.2) is 4.39 Å². The first-order valence-corrected chi connectivity index (χ1v) is 8.11. The van der Waals surface area contributed by atoms with E-state index < -0.39 is 11.9 Å². The third-order valence-electron chi connectivity index (χ3n) is 4.84. The van der Waals surface area contributed by atoms with E-state index in [1.54, 1.807) is 17.9 Å². The third kappa shape index (κ3) is 3.54. The Labute approximate surface area is 136 Å². The lowest BCUT2D eigenvalue weighted by Gasteiger charge is -2.37. The summed E-state index contributed by atoms with van der Waals surface area (Å²) in [5.41, 5.74) is 1.08. The van der Waals surface area contributed by atoms with Crippen LogP contribution >= 0.6 is 0 Å². The number of hydrogen-bond donors (Lipinski definition) is 1. The van der Waals surface area contributed by atoms with Crippen molar-refractivity contribution in [2.45, 2.75) is 19.1 Å². The van der Waals surface area contributed by atoms with E-state index >= 15 is 0 Å². The fraction of sp³-hybridized carbons (Fsp3) is 0.588. The number of carbonyl (C=O) groups is 1. The summed E-state index contributed by atoms with van der Waals surface area (Å²) in [7, 11) is 2.09. The fourth-order valence-electron chi connectivity index (χ4n) is 3.49. The molecule has 1 amide bonds. The predicted octanol–water partition coefficient (Wildman–Crippen LogP) is 0.567. The maximum Gasteiger partial charge on any atom is 0.254 e. The van der Waals surface area contributed by atoms with Crippen LogP contribution in [-0.4, -0.2) is 84.2 Å². The molecule has 0 bridgehead atoms. The molecule has 2 fully saturated rings. The standard InChI is InChI=1S/C17H24FN3O2/c1-12-7-13(9-14(18)8-12)17(23)21-10-15(16(22)11-21)20-5-3-19(2)4-6-20/h7-9,15-16,22H,3-6,10-11H2,1-2H3/t15-,16-/m0/s1. The monoisotopic (exact) mass is 321 g/mol. The first kappa shape index (κ1) is 16.4. The number of aryl methyl sites for hydroxylation is 1. The molecule has 2 atom stereocenters. The second-order valence-electron chi connectivity index (χ2n) is 6.70. The molecule has 2 aliphatic heterocycles. The quantitative estimate of drug-likeness (QED) is 0.865. The van der Waals surface area contributed by atoms with Crippen LogP contribution in [-0.2, 0) is 0 Å². The summed E-state index contributed by atoms with van der Waals surface area (Å²) in [6.07, 6.45) is -0.544. The molecule has 1 aromatic carbocycles. The Bertz CT molecular complexity index is 567. The molecule has 0 aliphatic carbocycles. The fourth-order valence-corrected chi connectivity index (χ4v) is 3.49. The highest BCUT2D eigenvalue weighted by Crippen LogP contribution is 2.21. The Kier molecular flexibility index (Phi) is 4.66. The van der Waals surface area contributed by atoms with Crippen molar-refractivity contribution in [2.24, 2.45) is 0 Å². The van der Waals surface area contributed by atoms with Gasteiger partial charge < -0.3 is 14.9 Å². The van der Waals surface area contributed by atoms with Crippen LogP contribution in [0, 0.1) is 12.7 Å². The lowest BCUT2D eigenvalue weighted by molar-refractivity contribution is 0.0512. The van der Waals surface area contributed by atoms with Crippen LogP contribution in [0.5, 0.6) is 0 Å². The topological polar surface area (TPSA) is 47.0 Å². The second kappa shape index (κ2) is 6.55. The molecule has 6 heteroatoms. The number of likely N-dealkylation sites (tertiary alicyclic amines) is 1. The van der Waals surface area contributed by atoms with Crippen molar-refractivity contribution in [1.29, 1.82) is 0 Å². The van der Waals surface area contributed by atoms with Gasteiger partial charge in [0.15, 0.2) is 0 Å². The van der Waals surface area contributed by atoms with Crippen molar-refractivity contribution in [3.8, 4) is 0 Å². The Morgan fingerprint density at radius 2 is 1.87 bits per heavy atom. The Morgan fingerprint density at radius 3 is 2.52 bits per heavy atom. The Morgan fingerprint density at radius 1 is 1.17 bits per heavy atom. The summed E-state index contributed by atoms with van der Waals surface area (Å²) in [4.78, 5) is 18.8. The van der Waals surface area contributed by atoms with Crippen LogP contribution in [0.25, 0.3) is 0 Å². The minimum Gasteiger partial charge on any atom is -0.390 e. The predicted molar refractivity (Wildman–Crippen MR) is 85.9 cm³/mol. The average Bonchev–Trinajstić information content (AvgIpc) is 2.88. The molecule has 0 unspecified atom stereocenters. The summed E-state index contributed by atoms with van der Waals surface area (Å²) in [6, 6.07) is 4.34. The number of carbonyl (C=O) groups excluding carboxylic acids is 1. The normalized spacial score (nSPS) is 26.7. The highest BCUT2D eigenvalue weighted by molar-refractivity contribution is 5.94. The molecule has 3 rings (SSSR count). The number of likely N-dealkylation sites (N-methyl/N-ethyl adjacent to an activating group) is 1. The van der Waals surface area contributed by atoms with Crippen molar-refractivity contribution >= 4 is 5.91 Å². The van der Waals surface area contributed by atoms with Gasteiger partial charge in [0.25, 0.3) is 5.91 Å². The largest absolute Gasteiger partial charge is 0.390 e. The van der Waals surface area contributed by atoms with Gasteiger partial charge in [-0.3, -0.25) is 9.69 Å². The number of hydrogen-bond acceptors (Lipinski definition) is 4. The van der Waals surface area contributed by atoms with Gasteiger partial charge in [-0.2, -0.15) is 0 Å². The summed E-state index contributed by atoms with van der Waals surface area (Å²) in [6.45, 7) is 6.33. The van der Waals surface area contributed by atoms with Gasteiger partial charge in [-0.1, -0.05) is 0 Å². The second-order valence-corrected chi connectivity index (χ2v) is 6.70. The van der Waals surface area contributed by atoms with Crippen LogP contribution in [0.2, 0.25) is 0 Å². The number of piperazine rings is 1. The molecule has 0 radical (unpaired) electrons. The van der Waals surface area contributed by atoms with Crippen molar-refractivity contribution in [3.05, 3.63) is 35.1 Å². The molecular formula is C17H24FN3O2. The highest BCUT2D eigenvalue weighted by Gasteiger charge is 2.38. The number of rotatable bonds is 2. The smallest absolute Gasteiger partial charge is 0.254 e. The average molecular weight is 321 g/mol. The van der Waals surface area contributed by atoms with E-state index in [0.717, 1.165) is 31.7 Å². The van der Waals surface area contributed by atoms with Crippen LogP contribution in [0.4, 0.5) is 4.39 Å². The number of β-amino-alcohol motifs (C(OH)–C–C–N with tert-alkyl or cyclic N) is 1. The molecule has 2 aliphatic rings. The number of aliphatic hydroxyl groups excluding tert-OH is 1. The Hall–Kier alpha value is -1.50. The van der Waals surface area contributed by atoms with Gasteiger partial charge in [-0.15, -0.1) is 0 Å². The number of benzene rings is 1. The maximum absolute atomic E-state index is 13.5. The van der Waals surface area contributed by atoms with Crippen molar-refractivity contribution in [3.63, 3.8) is 0 Å². The van der Waals surface area contributed by atoms with Gasteiger partial charge in [0.05, 0.1) is 12.1 Å². The molecule has 23 heavy (non-hydrogen) atoms. The molecular weight excluding hydrogens is 297 g/mol. The lowest BCUT2D eigenvalue weighted by Crippen LogP contribution is -2.52. The lowest BCUT2D eigenvalue weighted by atomic mass is 10.1. The number of halogens is 1. The molecule has 126 valence electrons. The maximum atomic E-state index is 13.5. The van der Waals surface area contributed by atoms with E-state index in [2.05, 4.69) is 16.8 Å². The van der Waals surface area contributed by atoms with Gasteiger partial charge in [0.1, 0.15) is 5.82 Å². The zero-order valence-corrected chi connectivity index (χ0v) is 13.7. The first-order chi connectivity index (χ1) is 10.9. The number of aliphatic hydroxyl groups is 1. The number of amides is 1. The van der Waals surface area contributed by atoms with Crippen LogP contribution in [0.15, 0.2) is 18.2 Å². The van der Waals surface area contributed by atoms with E-state index in [1.165, 1.54) is 12.1 Å².